The van der Waals surface area contributed by atoms with Crippen LogP contribution in [0.2, 0.25) is 0 Å². The van der Waals surface area contributed by atoms with Crippen molar-refractivity contribution in [3.05, 3.63) is 32.6 Å². The molecule has 0 bridgehead atoms. The number of ether oxygens (including phenoxy) is 1. The van der Waals surface area contributed by atoms with Crippen LogP contribution in [0.3, 0.4) is 0 Å². The lowest BCUT2D eigenvalue weighted by molar-refractivity contribution is -0.0543. The van der Waals surface area contributed by atoms with Crippen molar-refractivity contribution in [2.75, 3.05) is 13.2 Å². The predicted molar refractivity (Wildman–Crippen MR) is 104 cm³/mol. The Balaban J connectivity index is 2.13. The number of phosphoric acid groups is 3. The zero-order valence-corrected chi connectivity index (χ0v) is 19.1. The maximum absolute atomic E-state index is 12.1. The molecular formula is C12H22N3O15P3. The van der Waals surface area contributed by atoms with Gasteiger partial charge in [-0.2, -0.15) is 8.62 Å². The highest BCUT2D eigenvalue weighted by atomic mass is 31.3. The van der Waals surface area contributed by atoms with E-state index in [0.29, 0.717) is 6.42 Å². The van der Waals surface area contributed by atoms with Gasteiger partial charge in [-0.15, -0.1) is 0 Å². The molecule has 0 saturated carbocycles. The van der Waals surface area contributed by atoms with Gasteiger partial charge in [0, 0.05) is 11.8 Å². The average Bonchev–Trinajstić information content (AvgIpc) is 2.91. The molecule has 2 rings (SSSR count). The molecule has 1 aromatic rings. The Hall–Kier alpha value is -1.07. The fourth-order valence-electron chi connectivity index (χ4n) is 2.75. The Labute approximate surface area is 184 Å². The molecule has 2 heterocycles. The standard InChI is InChI=1S/C12H22N3O15P3/c13-3-1-2-6-4-15(12(19)14-10(6)18)11-9(17)8(16)7(28-11)5-27-32(23,24)30-33(25,26)29-31(20,21)22/h4,7-9,11,16-17H,1-3,5,13H2,(H,23,24)(H,25,26)(H,14,18,19)(H2,20,21,22)/t7-,8-,9-,11-/m1/s1. The minimum atomic E-state index is -5.75. The fraction of sp³-hybridized carbons (Fsp3) is 0.667. The minimum absolute atomic E-state index is 0.127. The Morgan fingerprint density at radius 1 is 1.06 bits per heavy atom. The first-order valence-electron chi connectivity index (χ1n) is 8.89. The number of aliphatic hydroxyl groups excluding tert-OH is 2. The largest absolute Gasteiger partial charge is 0.490 e. The molecule has 9 N–H and O–H groups in total. The third-order valence-electron chi connectivity index (χ3n) is 4.12. The quantitative estimate of drug-likeness (QED) is 0.133. The van der Waals surface area contributed by atoms with Gasteiger partial charge in [0.1, 0.15) is 18.3 Å². The number of hydrogen-bond acceptors (Lipinski definition) is 12. The monoisotopic (exact) mass is 541 g/mol. The van der Waals surface area contributed by atoms with Crippen molar-refractivity contribution < 1.29 is 61.4 Å². The van der Waals surface area contributed by atoms with E-state index in [1.54, 1.807) is 0 Å². The molecule has 1 saturated heterocycles. The number of rotatable bonds is 11. The second kappa shape index (κ2) is 10.7. The number of nitrogens with one attached hydrogen (secondary N) is 1. The molecule has 0 aliphatic carbocycles. The molecule has 1 aliphatic rings. The van der Waals surface area contributed by atoms with E-state index < -0.39 is 65.9 Å². The van der Waals surface area contributed by atoms with Crippen LogP contribution in [0.25, 0.3) is 0 Å². The number of aliphatic hydroxyl groups is 2. The van der Waals surface area contributed by atoms with Crippen molar-refractivity contribution >= 4 is 23.5 Å². The van der Waals surface area contributed by atoms with Gasteiger partial charge < -0.3 is 40.3 Å². The summed E-state index contributed by atoms with van der Waals surface area (Å²) in [6.45, 7) is -0.806. The van der Waals surface area contributed by atoms with Crippen molar-refractivity contribution in [1.82, 2.24) is 9.55 Å². The minimum Gasteiger partial charge on any atom is -0.387 e. The van der Waals surface area contributed by atoms with E-state index in [1.807, 2.05) is 4.98 Å². The summed E-state index contributed by atoms with van der Waals surface area (Å²) in [4.78, 5) is 61.6. The molecule has 18 nitrogen and oxygen atoms in total. The number of hydrogen-bond donors (Lipinski definition) is 8. The second-order valence-corrected chi connectivity index (χ2v) is 11.1. The van der Waals surface area contributed by atoms with Crippen LogP contribution in [0.4, 0.5) is 0 Å². The summed E-state index contributed by atoms with van der Waals surface area (Å²) in [5.41, 5.74) is 3.82. The van der Waals surface area contributed by atoms with E-state index in [9.17, 15) is 38.4 Å². The van der Waals surface area contributed by atoms with E-state index in [4.69, 9.17) is 25.2 Å². The number of aromatic amines is 1. The van der Waals surface area contributed by atoms with Crippen LogP contribution < -0.4 is 17.0 Å². The van der Waals surface area contributed by atoms with Crippen LogP contribution in [0, 0.1) is 0 Å². The summed E-state index contributed by atoms with van der Waals surface area (Å²) in [7, 11) is -16.8. The van der Waals surface area contributed by atoms with Crippen LogP contribution in [-0.4, -0.2) is 70.8 Å². The molecule has 6 atom stereocenters. The second-order valence-electron chi connectivity index (χ2n) is 6.65. The fourth-order valence-corrected chi connectivity index (χ4v) is 5.78. The Morgan fingerprint density at radius 3 is 2.27 bits per heavy atom. The third kappa shape index (κ3) is 7.99. The van der Waals surface area contributed by atoms with Gasteiger partial charge in [0.2, 0.25) is 0 Å². The maximum Gasteiger partial charge on any atom is 0.490 e. The van der Waals surface area contributed by atoms with E-state index in [-0.39, 0.29) is 18.5 Å². The van der Waals surface area contributed by atoms with Crippen LogP contribution >= 0.6 is 23.5 Å². The lowest BCUT2D eigenvalue weighted by Crippen LogP contribution is -2.39. The first-order chi connectivity index (χ1) is 15.1. The van der Waals surface area contributed by atoms with Crippen LogP contribution in [0.1, 0.15) is 18.2 Å². The lowest BCUT2D eigenvalue weighted by Gasteiger charge is -2.19. The Kier molecular flexibility index (Phi) is 9.12. The van der Waals surface area contributed by atoms with E-state index in [0.717, 1.165) is 10.8 Å². The summed E-state index contributed by atoms with van der Waals surface area (Å²) < 4.78 is 51.2. The van der Waals surface area contributed by atoms with Gasteiger partial charge in [0.15, 0.2) is 6.23 Å². The summed E-state index contributed by atoms with van der Waals surface area (Å²) >= 11 is 0. The van der Waals surface area contributed by atoms with Crippen LogP contribution in [0.5, 0.6) is 0 Å². The molecule has 2 unspecified atom stereocenters. The van der Waals surface area contributed by atoms with Gasteiger partial charge in [-0.1, -0.05) is 0 Å². The Morgan fingerprint density at radius 2 is 1.70 bits per heavy atom. The molecule has 33 heavy (non-hydrogen) atoms. The van der Waals surface area contributed by atoms with Gasteiger partial charge in [-0.3, -0.25) is 18.9 Å². The molecule has 1 aliphatic heterocycles. The van der Waals surface area contributed by atoms with Crippen LogP contribution in [0.15, 0.2) is 15.8 Å². The number of aryl methyl sites for hydroxylation is 1. The number of phosphoric ester groups is 1. The molecule has 1 fully saturated rings. The lowest BCUT2D eigenvalue weighted by atomic mass is 10.1. The van der Waals surface area contributed by atoms with Crippen molar-refractivity contribution in [1.29, 1.82) is 0 Å². The summed E-state index contributed by atoms with van der Waals surface area (Å²) in [5, 5.41) is 20.4. The molecular weight excluding hydrogens is 519 g/mol. The van der Waals surface area contributed by atoms with Gasteiger partial charge in [0.05, 0.1) is 6.61 Å². The maximum atomic E-state index is 12.1. The van der Waals surface area contributed by atoms with Gasteiger partial charge in [0.25, 0.3) is 5.56 Å². The number of aromatic nitrogens is 2. The third-order valence-corrected chi connectivity index (χ3v) is 7.92. The van der Waals surface area contributed by atoms with Gasteiger partial charge in [-0.05, 0) is 19.4 Å². The smallest absolute Gasteiger partial charge is 0.387 e. The number of nitrogens with zero attached hydrogens (tertiary/aromatic N) is 1. The van der Waals surface area contributed by atoms with E-state index in [2.05, 4.69) is 13.1 Å². The van der Waals surface area contributed by atoms with Crippen molar-refractivity contribution in [3.8, 4) is 0 Å². The van der Waals surface area contributed by atoms with Gasteiger partial charge >= 0.3 is 29.2 Å². The number of H-pyrrole nitrogens is 1. The Bertz CT molecular complexity index is 1100. The zero-order valence-electron chi connectivity index (χ0n) is 16.4. The zero-order chi connectivity index (χ0) is 25.2. The van der Waals surface area contributed by atoms with Crippen molar-refractivity contribution in [3.63, 3.8) is 0 Å². The number of nitrogens with two attached hydrogens (primary N) is 1. The molecule has 0 aromatic carbocycles. The molecule has 190 valence electrons. The molecule has 0 amide bonds. The summed E-state index contributed by atoms with van der Waals surface area (Å²) in [6, 6.07) is 0. The van der Waals surface area contributed by atoms with Gasteiger partial charge in [-0.25, -0.2) is 18.5 Å². The van der Waals surface area contributed by atoms with E-state index >= 15 is 0 Å². The average molecular weight is 541 g/mol. The summed E-state index contributed by atoms with van der Waals surface area (Å²) in [6.07, 6.45) is -5.09. The summed E-state index contributed by atoms with van der Waals surface area (Å²) in [5.74, 6) is 0. The highest BCUT2D eigenvalue weighted by molar-refractivity contribution is 7.66. The molecule has 21 heteroatoms. The van der Waals surface area contributed by atoms with Crippen LogP contribution in [-0.2, 0) is 38.0 Å². The van der Waals surface area contributed by atoms with Crippen molar-refractivity contribution in [2.45, 2.75) is 37.4 Å². The van der Waals surface area contributed by atoms with Crippen molar-refractivity contribution in [2.24, 2.45) is 5.73 Å². The predicted octanol–water partition coefficient (Wildman–Crippen LogP) is -2.61. The molecule has 0 spiro atoms. The van der Waals surface area contributed by atoms with E-state index in [1.165, 1.54) is 0 Å². The first kappa shape index (κ1) is 28.2. The topological polar surface area (TPSA) is 290 Å². The molecule has 1 aromatic heterocycles. The highest BCUT2D eigenvalue weighted by Gasteiger charge is 2.46. The first-order valence-corrected chi connectivity index (χ1v) is 13.4. The molecule has 0 radical (unpaired) electrons. The normalized spacial score (nSPS) is 27.2. The highest BCUT2D eigenvalue weighted by Crippen LogP contribution is 2.66. The SMILES string of the molecule is NCCCc1cn([C@@H]2O[C@H](COP(=O)(O)OP(=O)(O)OP(=O)(O)O)[C@@H](O)[C@H]2O)c(=O)[nH]c1=O.